The van der Waals surface area contributed by atoms with E-state index in [0.717, 1.165) is 31.6 Å². The number of carbonyl (C=O) groups excluding carboxylic acids is 2. The molecule has 2 amide bonds. The average Bonchev–Trinajstić information content (AvgIpc) is 2.53. The van der Waals surface area contributed by atoms with Crippen LogP contribution >= 0.6 is 0 Å². The highest BCUT2D eigenvalue weighted by molar-refractivity contribution is 5.80. The summed E-state index contributed by atoms with van der Waals surface area (Å²) in [6, 6.07) is 0. The van der Waals surface area contributed by atoms with Crippen molar-refractivity contribution >= 4 is 11.8 Å². The van der Waals surface area contributed by atoms with Crippen molar-refractivity contribution in [2.45, 2.75) is 64.7 Å². The molecule has 21 heavy (non-hydrogen) atoms. The van der Waals surface area contributed by atoms with Crippen molar-refractivity contribution in [2.75, 3.05) is 13.1 Å². The fraction of sp³-hybridized carbons (Fsp3) is 0.882. The molecule has 4 nitrogen and oxygen atoms in total. The van der Waals surface area contributed by atoms with Crippen molar-refractivity contribution in [3.63, 3.8) is 0 Å². The number of nitrogens with two attached hydrogens (primary N) is 1. The van der Waals surface area contributed by atoms with Crippen LogP contribution in [0.5, 0.6) is 0 Å². The Morgan fingerprint density at radius 3 is 2.14 bits per heavy atom. The smallest absolute Gasteiger partial charge is 0.225 e. The van der Waals surface area contributed by atoms with Gasteiger partial charge in [-0.1, -0.05) is 26.2 Å². The standard InChI is InChI=1S/C17H30N2O2/c1-2-3-4-13-5-7-15(8-6-13)17(21)19-11-9-14(10-12-19)16(18)20/h13-15H,2-12H2,1H3,(H2,18,20). The fourth-order valence-electron chi connectivity index (χ4n) is 3.83. The highest BCUT2D eigenvalue weighted by Gasteiger charge is 2.32. The number of nitrogens with zero attached hydrogens (tertiary/aromatic N) is 1. The molecule has 1 aliphatic carbocycles. The van der Waals surface area contributed by atoms with E-state index in [1.165, 1.54) is 32.1 Å². The predicted octanol–water partition coefficient (Wildman–Crippen LogP) is 2.71. The first-order valence-corrected chi connectivity index (χ1v) is 8.70. The Balaban J connectivity index is 1.74. The predicted molar refractivity (Wildman–Crippen MR) is 83.5 cm³/mol. The largest absolute Gasteiger partial charge is 0.369 e. The summed E-state index contributed by atoms with van der Waals surface area (Å²) in [6.07, 6.45) is 9.97. The Morgan fingerprint density at radius 1 is 1.00 bits per heavy atom. The number of carbonyl (C=O) groups is 2. The van der Waals surface area contributed by atoms with Gasteiger partial charge in [0.2, 0.25) is 11.8 Å². The number of amides is 2. The van der Waals surface area contributed by atoms with E-state index in [9.17, 15) is 9.59 Å². The Kier molecular flexibility index (Phi) is 6.07. The maximum Gasteiger partial charge on any atom is 0.225 e. The van der Waals surface area contributed by atoms with Crippen LogP contribution in [0.25, 0.3) is 0 Å². The maximum atomic E-state index is 12.6. The SMILES string of the molecule is CCCCC1CCC(C(=O)N2CCC(C(N)=O)CC2)CC1. The van der Waals surface area contributed by atoms with Gasteiger partial charge in [0.1, 0.15) is 0 Å². The number of piperidine rings is 1. The van der Waals surface area contributed by atoms with Crippen molar-refractivity contribution in [3.05, 3.63) is 0 Å². The van der Waals surface area contributed by atoms with Crippen LogP contribution in [-0.2, 0) is 9.59 Å². The molecule has 1 heterocycles. The van der Waals surface area contributed by atoms with Crippen LogP contribution in [0.1, 0.15) is 64.7 Å². The highest BCUT2D eigenvalue weighted by atomic mass is 16.2. The van der Waals surface area contributed by atoms with E-state index >= 15 is 0 Å². The number of hydrogen-bond acceptors (Lipinski definition) is 2. The molecule has 0 spiro atoms. The van der Waals surface area contributed by atoms with Crippen molar-refractivity contribution in [1.29, 1.82) is 0 Å². The van der Waals surface area contributed by atoms with E-state index in [2.05, 4.69) is 6.92 Å². The van der Waals surface area contributed by atoms with Gasteiger partial charge in [0.05, 0.1) is 0 Å². The summed E-state index contributed by atoms with van der Waals surface area (Å²) in [7, 11) is 0. The number of hydrogen-bond donors (Lipinski definition) is 1. The Labute approximate surface area is 128 Å². The first-order valence-electron chi connectivity index (χ1n) is 8.70. The summed E-state index contributed by atoms with van der Waals surface area (Å²) in [5, 5.41) is 0. The van der Waals surface area contributed by atoms with Gasteiger partial charge in [-0.3, -0.25) is 9.59 Å². The second-order valence-corrected chi connectivity index (χ2v) is 6.86. The van der Waals surface area contributed by atoms with Crippen LogP contribution in [0.2, 0.25) is 0 Å². The molecule has 0 radical (unpaired) electrons. The molecule has 4 heteroatoms. The summed E-state index contributed by atoms with van der Waals surface area (Å²) >= 11 is 0. The minimum absolute atomic E-state index is 0.0289. The van der Waals surface area contributed by atoms with Crippen molar-refractivity contribution < 1.29 is 9.59 Å². The summed E-state index contributed by atoms with van der Waals surface area (Å²) in [5.41, 5.74) is 5.34. The van der Waals surface area contributed by atoms with Crippen LogP contribution < -0.4 is 5.73 Å². The minimum Gasteiger partial charge on any atom is -0.369 e. The highest BCUT2D eigenvalue weighted by Crippen LogP contribution is 2.33. The second-order valence-electron chi connectivity index (χ2n) is 6.86. The molecule has 1 saturated carbocycles. The van der Waals surface area contributed by atoms with E-state index in [1.807, 2.05) is 4.90 Å². The lowest BCUT2D eigenvalue weighted by molar-refractivity contribution is -0.139. The number of rotatable bonds is 5. The zero-order chi connectivity index (χ0) is 15.2. The monoisotopic (exact) mass is 294 g/mol. The third-order valence-corrected chi connectivity index (χ3v) is 5.37. The lowest BCUT2D eigenvalue weighted by Gasteiger charge is -2.35. The summed E-state index contributed by atoms with van der Waals surface area (Å²) in [4.78, 5) is 25.7. The minimum atomic E-state index is -0.210. The van der Waals surface area contributed by atoms with E-state index in [0.29, 0.717) is 19.0 Å². The molecule has 1 aliphatic heterocycles. The third-order valence-electron chi connectivity index (χ3n) is 5.37. The van der Waals surface area contributed by atoms with E-state index in [1.54, 1.807) is 0 Å². The molecule has 0 atom stereocenters. The number of unbranched alkanes of at least 4 members (excludes halogenated alkanes) is 1. The van der Waals surface area contributed by atoms with Crippen LogP contribution in [0.4, 0.5) is 0 Å². The molecule has 0 unspecified atom stereocenters. The number of likely N-dealkylation sites (tertiary alicyclic amines) is 1. The molecule has 0 aromatic heterocycles. The molecule has 0 aromatic rings. The first kappa shape index (κ1) is 16.3. The normalized spacial score (nSPS) is 27.6. The van der Waals surface area contributed by atoms with Gasteiger partial charge in [-0.15, -0.1) is 0 Å². The Morgan fingerprint density at radius 2 is 1.62 bits per heavy atom. The Hall–Kier alpha value is -1.06. The first-order chi connectivity index (χ1) is 10.1. The fourth-order valence-corrected chi connectivity index (χ4v) is 3.83. The summed E-state index contributed by atoms with van der Waals surface area (Å²) in [5.74, 6) is 1.16. The van der Waals surface area contributed by atoms with Gasteiger partial charge >= 0.3 is 0 Å². The van der Waals surface area contributed by atoms with E-state index < -0.39 is 0 Å². The van der Waals surface area contributed by atoms with Crippen LogP contribution in [0.15, 0.2) is 0 Å². The average molecular weight is 294 g/mol. The molecule has 2 aliphatic rings. The third kappa shape index (κ3) is 4.45. The molecular weight excluding hydrogens is 264 g/mol. The molecule has 0 bridgehead atoms. The van der Waals surface area contributed by atoms with Crippen LogP contribution in [0, 0.1) is 17.8 Å². The lowest BCUT2D eigenvalue weighted by atomic mass is 9.79. The molecule has 2 fully saturated rings. The molecule has 0 aromatic carbocycles. The van der Waals surface area contributed by atoms with Crippen molar-refractivity contribution in [3.8, 4) is 0 Å². The van der Waals surface area contributed by atoms with Gasteiger partial charge < -0.3 is 10.6 Å². The molecule has 1 saturated heterocycles. The zero-order valence-corrected chi connectivity index (χ0v) is 13.4. The van der Waals surface area contributed by atoms with Gasteiger partial charge in [-0.05, 0) is 44.4 Å². The Bertz CT molecular complexity index is 354. The summed E-state index contributed by atoms with van der Waals surface area (Å²) in [6.45, 7) is 3.66. The molecule has 2 N–H and O–H groups in total. The van der Waals surface area contributed by atoms with Gasteiger partial charge in [-0.25, -0.2) is 0 Å². The van der Waals surface area contributed by atoms with Gasteiger partial charge in [0.25, 0.3) is 0 Å². The molecular formula is C17H30N2O2. The second kappa shape index (κ2) is 7.81. The van der Waals surface area contributed by atoms with Gasteiger partial charge in [0, 0.05) is 24.9 Å². The topological polar surface area (TPSA) is 63.4 Å². The van der Waals surface area contributed by atoms with Crippen molar-refractivity contribution in [2.24, 2.45) is 23.5 Å². The zero-order valence-electron chi connectivity index (χ0n) is 13.4. The quantitative estimate of drug-likeness (QED) is 0.847. The van der Waals surface area contributed by atoms with Gasteiger partial charge in [-0.2, -0.15) is 0 Å². The van der Waals surface area contributed by atoms with E-state index in [4.69, 9.17) is 5.73 Å². The maximum absolute atomic E-state index is 12.6. The van der Waals surface area contributed by atoms with E-state index in [-0.39, 0.29) is 17.7 Å². The lowest BCUT2D eigenvalue weighted by Crippen LogP contribution is -2.44. The van der Waals surface area contributed by atoms with Crippen LogP contribution in [0.3, 0.4) is 0 Å². The molecule has 2 rings (SSSR count). The molecule has 120 valence electrons. The van der Waals surface area contributed by atoms with Gasteiger partial charge in [0.15, 0.2) is 0 Å². The summed E-state index contributed by atoms with van der Waals surface area (Å²) < 4.78 is 0. The van der Waals surface area contributed by atoms with Crippen molar-refractivity contribution in [1.82, 2.24) is 4.90 Å². The van der Waals surface area contributed by atoms with Crippen LogP contribution in [-0.4, -0.2) is 29.8 Å². The number of primary amides is 1.